The van der Waals surface area contributed by atoms with Crippen molar-refractivity contribution in [3.8, 4) is 10.6 Å². The Kier molecular flexibility index (Phi) is 3.13. The Morgan fingerprint density at radius 1 is 1.38 bits per heavy atom. The van der Waals surface area contributed by atoms with E-state index in [1.807, 2.05) is 23.6 Å². The lowest BCUT2D eigenvalue weighted by atomic mass is 10.3. The summed E-state index contributed by atoms with van der Waals surface area (Å²) >= 11 is 1.58. The number of hydrogen-bond donors (Lipinski definition) is 1. The SMILES string of the molecule is CS(=O)(=O)NCc1ccc(-c2cccs2)o1. The maximum atomic E-state index is 10.9. The Morgan fingerprint density at radius 3 is 2.81 bits per heavy atom. The molecule has 86 valence electrons. The third-order valence-corrected chi connectivity index (χ3v) is 3.49. The van der Waals surface area contributed by atoms with Crippen molar-refractivity contribution in [1.29, 1.82) is 0 Å². The molecule has 0 radical (unpaired) electrons. The quantitative estimate of drug-likeness (QED) is 0.912. The average Bonchev–Trinajstić information content (AvgIpc) is 2.84. The summed E-state index contributed by atoms with van der Waals surface area (Å²) in [4.78, 5) is 1.03. The lowest BCUT2D eigenvalue weighted by Gasteiger charge is -1.98. The summed E-state index contributed by atoms with van der Waals surface area (Å²) in [5.74, 6) is 1.37. The van der Waals surface area contributed by atoms with E-state index in [9.17, 15) is 8.42 Å². The molecule has 0 aliphatic carbocycles. The monoisotopic (exact) mass is 257 g/mol. The van der Waals surface area contributed by atoms with Crippen LogP contribution in [-0.4, -0.2) is 14.7 Å². The van der Waals surface area contributed by atoms with Crippen LogP contribution in [0.2, 0.25) is 0 Å². The van der Waals surface area contributed by atoms with Gasteiger partial charge in [0.2, 0.25) is 10.0 Å². The normalized spacial score (nSPS) is 11.8. The molecule has 16 heavy (non-hydrogen) atoms. The molecule has 2 rings (SSSR count). The topological polar surface area (TPSA) is 59.3 Å². The van der Waals surface area contributed by atoms with E-state index < -0.39 is 10.0 Å². The van der Waals surface area contributed by atoms with Crippen LogP contribution in [0.4, 0.5) is 0 Å². The van der Waals surface area contributed by atoms with Crippen LogP contribution in [0.5, 0.6) is 0 Å². The molecule has 0 aliphatic rings. The van der Waals surface area contributed by atoms with Crippen molar-refractivity contribution < 1.29 is 12.8 Å². The Hall–Kier alpha value is -1.11. The van der Waals surface area contributed by atoms with E-state index in [-0.39, 0.29) is 6.54 Å². The fraction of sp³-hybridized carbons (Fsp3) is 0.200. The first kappa shape index (κ1) is 11.4. The van der Waals surface area contributed by atoms with Crippen molar-refractivity contribution in [2.24, 2.45) is 0 Å². The number of hydrogen-bond acceptors (Lipinski definition) is 4. The largest absolute Gasteiger partial charge is 0.459 e. The molecule has 0 saturated carbocycles. The molecule has 0 amide bonds. The van der Waals surface area contributed by atoms with Gasteiger partial charge in [-0.15, -0.1) is 11.3 Å². The Labute approximate surface area is 98.0 Å². The van der Waals surface area contributed by atoms with Crippen molar-refractivity contribution in [2.45, 2.75) is 6.54 Å². The first-order valence-corrected chi connectivity index (χ1v) is 7.39. The van der Waals surface area contributed by atoms with Crippen LogP contribution >= 0.6 is 11.3 Å². The Bertz CT molecular complexity index is 555. The molecule has 0 bridgehead atoms. The van der Waals surface area contributed by atoms with E-state index in [1.165, 1.54) is 0 Å². The van der Waals surface area contributed by atoms with Crippen LogP contribution in [0.25, 0.3) is 10.6 Å². The maximum absolute atomic E-state index is 10.9. The smallest absolute Gasteiger partial charge is 0.209 e. The molecular formula is C10H11NO3S2. The zero-order valence-corrected chi connectivity index (χ0v) is 10.3. The first-order valence-electron chi connectivity index (χ1n) is 4.62. The van der Waals surface area contributed by atoms with Gasteiger partial charge in [0.15, 0.2) is 0 Å². The molecule has 0 unspecified atom stereocenters. The van der Waals surface area contributed by atoms with Crippen molar-refractivity contribution >= 4 is 21.4 Å². The van der Waals surface area contributed by atoms with Gasteiger partial charge < -0.3 is 4.42 Å². The minimum absolute atomic E-state index is 0.185. The van der Waals surface area contributed by atoms with Gasteiger partial charge in [0.25, 0.3) is 0 Å². The molecule has 0 aromatic carbocycles. The van der Waals surface area contributed by atoms with Gasteiger partial charge in [-0.25, -0.2) is 13.1 Å². The van der Waals surface area contributed by atoms with Crippen LogP contribution in [0.3, 0.4) is 0 Å². The van der Waals surface area contributed by atoms with Gasteiger partial charge in [0.1, 0.15) is 11.5 Å². The molecule has 0 aliphatic heterocycles. The lowest BCUT2D eigenvalue weighted by Crippen LogP contribution is -2.20. The van der Waals surface area contributed by atoms with Crippen LogP contribution in [0.15, 0.2) is 34.1 Å². The van der Waals surface area contributed by atoms with E-state index in [2.05, 4.69) is 4.72 Å². The highest BCUT2D eigenvalue weighted by molar-refractivity contribution is 7.88. The minimum Gasteiger partial charge on any atom is -0.459 e. The van der Waals surface area contributed by atoms with Crippen LogP contribution in [0, 0.1) is 0 Å². The molecule has 1 N–H and O–H groups in total. The van der Waals surface area contributed by atoms with E-state index in [0.29, 0.717) is 5.76 Å². The molecule has 2 heterocycles. The van der Waals surface area contributed by atoms with Crippen molar-refractivity contribution in [2.75, 3.05) is 6.26 Å². The fourth-order valence-corrected chi connectivity index (χ4v) is 2.32. The number of nitrogens with one attached hydrogen (secondary N) is 1. The third kappa shape index (κ3) is 2.94. The molecule has 0 spiro atoms. The van der Waals surface area contributed by atoms with E-state index >= 15 is 0 Å². The van der Waals surface area contributed by atoms with Crippen molar-refractivity contribution in [1.82, 2.24) is 4.72 Å². The van der Waals surface area contributed by atoms with Gasteiger partial charge in [0.05, 0.1) is 17.7 Å². The summed E-state index contributed by atoms with van der Waals surface area (Å²) in [5, 5.41) is 1.96. The highest BCUT2D eigenvalue weighted by Crippen LogP contribution is 2.26. The molecule has 0 fully saturated rings. The Morgan fingerprint density at radius 2 is 2.19 bits per heavy atom. The second-order valence-electron chi connectivity index (χ2n) is 3.34. The fourth-order valence-electron chi connectivity index (χ4n) is 1.23. The standard InChI is InChI=1S/C10H11NO3S2/c1-16(12,13)11-7-8-4-5-9(14-8)10-3-2-6-15-10/h2-6,11H,7H2,1H3. The minimum atomic E-state index is -3.17. The van der Waals surface area contributed by atoms with Gasteiger partial charge in [-0.1, -0.05) is 6.07 Å². The van der Waals surface area contributed by atoms with E-state index in [1.54, 1.807) is 17.4 Å². The number of rotatable bonds is 4. The van der Waals surface area contributed by atoms with Gasteiger partial charge in [-0.05, 0) is 23.6 Å². The molecule has 2 aromatic rings. The van der Waals surface area contributed by atoms with Gasteiger partial charge >= 0.3 is 0 Å². The Balaban J connectivity index is 2.09. The number of furan rings is 1. The van der Waals surface area contributed by atoms with E-state index in [0.717, 1.165) is 16.9 Å². The summed E-state index contributed by atoms with van der Waals surface area (Å²) in [6.45, 7) is 0.185. The zero-order valence-electron chi connectivity index (χ0n) is 8.64. The second-order valence-corrected chi connectivity index (χ2v) is 6.12. The molecule has 0 saturated heterocycles. The van der Waals surface area contributed by atoms with Crippen LogP contribution in [-0.2, 0) is 16.6 Å². The van der Waals surface area contributed by atoms with E-state index in [4.69, 9.17) is 4.42 Å². The summed E-state index contributed by atoms with van der Waals surface area (Å²) in [7, 11) is -3.17. The highest BCUT2D eigenvalue weighted by atomic mass is 32.2. The number of sulfonamides is 1. The van der Waals surface area contributed by atoms with Gasteiger partial charge in [-0.2, -0.15) is 0 Å². The molecule has 4 nitrogen and oxygen atoms in total. The number of thiophene rings is 1. The summed E-state index contributed by atoms with van der Waals surface area (Å²) < 4.78 is 29.7. The highest BCUT2D eigenvalue weighted by Gasteiger charge is 2.07. The van der Waals surface area contributed by atoms with Crippen LogP contribution in [0.1, 0.15) is 5.76 Å². The summed E-state index contributed by atoms with van der Waals surface area (Å²) in [6, 6.07) is 7.51. The second kappa shape index (κ2) is 4.40. The lowest BCUT2D eigenvalue weighted by molar-refractivity contribution is 0.511. The average molecular weight is 257 g/mol. The first-order chi connectivity index (χ1) is 7.54. The zero-order chi connectivity index (χ0) is 11.6. The van der Waals surface area contributed by atoms with Crippen LogP contribution < -0.4 is 4.72 Å². The van der Waals surface area contributed by atoms with Crippen molar-refractivity contribution in [3.05, 3.63) is 35.4 Å². The summed E-state index contributed by atoms with van der Waals surface area (Å²) in [5.41, 5.74) is 0. The predicted octanol–water partition coefficient (Wildman–Crippen LogP) is 2.06. The van der Waals surface area contributed by atoms with Gasteiger partial charge in [0, 0.05) is 0 Å². The molecule has 6 heteroatoms. The van der Waals surface area contributed by atoms with Crippen molar-refractivity contribution in [3.63, 3.8) is 0 Å². The molecule has 2 aromatic heterocycles. The van der Waals surface area contributed by atoms with Gasteiger partial charge in [-0.3, -0.25) is 0 Å². The molecule has 0 atom stereocenters. The third-order valence-electron chi connectivity index (χ3n) is 1.93. The predicted molar refractivity (Wildman–Crippen MR) is 63.7 cm³/mol. The maximum Gasteiger partial charge on any atom is 0.209 e. The molecular weight excluding hydrogens is 246 g/mol. The summed E-state index contributed by atoms with van der Waals surface area (Å²) in [6.07, 6.45) is 1.12.